The molecule has 1 aliphatic rings. The van der Waals surface area contributed by atoms with Crippen molar-refractivity contribution in [2.75, 3.05) is 18.9 Å². The fraction of sp³-hybridized carbons (Fsp3) is 0.571. The standard InChI is InChI=1S/C14H21ClN2O3S/c1-10-8-12(15)14(9-13(10)16)21(19,20)17(6-3-7-18)11-4-2-5-11/h8-9,11,18H,2-7,16H2,1H3. The van der Waals surface area contributed by atoms with Crippen LogP contribution in [0.5, 0.6) is 0 Å². The average Bonchev–Trinajstić information content (AvgIpc) is 2.36. The molecule has 3 N–H and O–H groups in total. The van der Waals surface area contributed by atoms with E-state index in [0.717, 1.165) is 24.8 Å². The molecule has 1 aromatic carbocycles. The molecular formula is C14H21ClN2O3S. The molecule has 0 saturated heterocycles. The van der Waals surface area contributed by atoms with Gasteiger partial charge in [0, 0.05) is 24.9 Å². The normalized spacial score (nSPS) is 16.2. The van der Waals surface area contributed by atoms with Crippen LogP contribution in [0.25, 0.3) is 0 Å². The Kier molecular flexibility index (Phi) is 5.14. The second-order valence-electron chi connectivity index (χ2n) is 5.42. The second kappa shape index (κ2) is 6.52. The molecular weight excluding hydrogens is 312 g/mol. The molecule has 0 radical (unpaired) electrons. The average molecular weight is 333 g/mol. The van der Waals surface area contributed by atoms with Crippen LogP contribution in [0.15, 0.2) is 17.0 Å². The van der Waals surface area contributed by atoms with Gasteiger partial charge in [0.15, 0.2) is 0 Å². The number of anilines is 1. The van der Waals surface area contributed by atoms with E-state index in [0.29, 0.717) is 18.7 Å². The molecule has 0 atom stereocenters. The first kappa shape index (κ1) is 16.5. The Morgan fingerprint density at radius 3 is 2.62 bits per heavy atom. The minimum atomic E-state index is -3.69. The molecule has 0 unspecified atom stereocenters. The van der Waals surface area contributed by atoms with Gasteiger partial charge in [-0.15, -0.1) is 0 Å². The maximum absolute atomic E-state index is 12.9. The fourth-order valence-corrected chi connectivity index (χ4v) is 4.71. The first-order valence-electron chi connectivity index (χ1n) is 7.06. The van der Waals surface area contributed by atoms with Crippen molar-refractivity contribution in [3.8, 4) is 0 Å². The van der Waals surface area contributed by atoms with Crippen molar-refractivity contribution in [1.82, 2.24) is 4.31 Å². The summed E-state index contributed by atoms with van der Waals surface area (Å²) in [4.78, 5) is 0.0529. The van der Waals surface area contributed by atoms with Crippen molar-refractivity contribution in [1.29, 1.82) is 0 Å². The topological polar surface area (TPSA) is 83.6 Å². The molecule has 0 aromatic heterocycles. The molecule has 1 saturated carbocycles. The number of halogens is 1. The van der Waals surface area contributed by atoms with Crippen LogP contribution in [0.2, 0.25) is 5.02 Å². The molecule has 1 fully saturated rings. The Morgan fingerprint density at radius 1 is 1.43 bits per heavy atom. The Hall–Kier alpha value is -0.820. The zero-order valence-electron chi connectivity index (χ0n) is 12.0. The summed E-state index contributed by atoms with van der Waals surface area (Å²) < 4.78 is 27.2. The zero-order chi connectivity index (χ0) is 15.6. The van der Waals surface area contributed by atoms with Gasteiger partial charge in [0.05, 0.1) is 5.02 Å². The number of nitrogen functional groups attached to an aromatic ring is 1. The van der Waals surface area contributed by atoms with Gasteiger partial charge in [-0.1, -0.05) is 18.0 Å². The minimum absolute atomic E-state index is 0.000134. The third-order valence-electron chi connectivity index (χ3n) is 3.93. The van der Waals surface area contributed by atoms with Crippen molar-refractivity contribution < 1.29 is 13.5 Å². The Balaban J connectivity index is 2.40. The van der Waals surface area contributed by atoms with Gasteiger partial charge in [-0.3, -0.25) is 0 Å². The number of nitrogens with two attached hydrogens (primary N) is 1. The molecule has 1 aromatic rings. The lowest BCUT2D eigenvalue weighted by atomic mass is 9.93. The van der Waals surface area contributed by atoms with Gasteiger partial charge in [0.25, 0.3) is 0 Å². The second-order valence-corrected chi connectivity index (χ2v) is 7.68. The van der Waals surface area contributed by atoms with Gasteiger partial charge in [-0.05, 0) is 43.9 Å². The largest absolute Gasteiger partial charge is 0.398 e. The molecule has 0 bridgehead atoms. The molecule has 0 aliphatic heterocycles. The van der Waals surface area contributed by atoms with Crippen molar-refractivity contribution in [2.45, 2.75) is 43.5 Å². The predicted octanol–water partition coefficient (Wildman–Crippen LogP) is 2.16. The molecule has 1 aliphatic carbocycles. The first-order valence-corrected chi connectivity index (χ1v) is 8.88. The van der Waals surface area contributed by atoms with E-state index in [1.807, 2.05) is 0 Å². The van der Waals surface area contributed by atoms with Gasteiger partial charge in [-0.2, -0.15) is 4.31 Å². The quantitative estimate of drug-likeness (QED) is 0.782. The van der Waals surface area contributed by atoms with E-state index >= 15 is 0 Å². The number of aliphatic hydroxyl groups is 1. The summed E-state index contributed by atoms with van der Waals surface area (Å²) >= 11 is 6.12. The smallest absolute Gasteiger partial charge is 0.244 e. The van der Waals surface area contributed by atoms with Gasteiger partial charge in [0.1, 0.15) is 4.90 Å². The monoisotopic (exact) mass is 332 g/mol. The lowest BCUT2D eigenvalue weighted by Crippen LogP contribution is -2.44. The van der Waals surface area contributed by atoms with Gasteiger partial charge < -0.3 is 10.8 Å². The number of aryl methyl sites for hydroxylation is 1. The molecule has 7 heteroatoms. The molecule has 0 spiro atoms. The zero-order valence-corrected chi connectivity index (χ0v) is 13.6. The molecule has 2 rings (SSSR count). The van der Waals surface area contributed by atoms with E-state index in [-0.39, 0.29) is 22.6 Å². The molecule has 0 heterocycles. The van der Waals surface area contributed by atoms with Crippen LogP contribution in [-0.4, -0.2) is 37.0 Å². The maximum Gasteiger partial charge on any atom is 0.244 e. The van der Waals surface area contributed by atoms with E-state index in [1.165, 1.54) is 10.4 Å². The Labute approximate surface area is 130 Å². The van der Waals surface area contributed by atoms with Crippen LogP contribution < -0.4 is 5.73 Å². The van der Waals surface area contributed by atoms with Gasteiger partial charge in [0.2, 0.25) is 10.0 Å². The number of hydrogen-bond acceptors (Lipinski definition) is 4. The highest BCUT2D eigenvalue weighted by Crippen LogP contribution is 2.34. The van der Waals surface area contributed by atoms with Gasteiger partial charge >= 0.3 is 0 Å². The number of rotatable bonds is 6. The number of nitrogens with zero attached hydrogens (tertiary/aromatic N) is 1. The Morgan fingerprint density at radius 2 is 2.10 bits per heavy atom. The molecule has 5 nitrogen and oxygen atoms in total. The SMILES string of the molecule is Cc1cc(Cl)c(S(=O)(=O)N(CCCO)C2CCC2)cc1N. The highest BCUT2D eigenvalue weighted by molar-refractivity contribution is 7.89. The van der Waals surface area contributed by atoms with Crippen LogP contribution in [-0.2, 0) is 10.0 Å². The van der Waals surface area contributed by atoms with Crippen molar-refractivity contribution in [3.63, 3.8) is 0 Å². The van der Waals surface area contributed by atoms with E-state index in [2.05, 4.69) is 0 Å². The van der Waals surface area contributed by atoms with E-state index in [4.69, 9.17) is 22.4 Å². The summed E-state index contributed by atoms with van der Waals surface area (Å²) in [6.07, 6.45) is 3.14. The van der Waals surface area contributed by atoms with Crippen LogP contribution in [0.4, 0.5) is 5.69 Å². The first-order chi connectivity index (χ1) is 9.87. The summed E-state index contributed by atoms with van der Waals surface area (Å²) in [5.41, 5.74) is 6.99. The summed E-state index contributed by atoms with van der Waals surface area (Å²) in [5, 5.41) is 9.18. The fourth-order valence-electron chi connectivity index (χ4n) is 2.39. The van der Waals surface area contributed by atoms with Crippen LogP contribution in [0.3, 0.4) is 0 Å². The van der Waals surface area contributed by atoms with Crippen LogP contribution >= 0.6 is 11.6 Å². The van der Waals surface area contributed by atoms with Crippen LogP contribution in [0, 0.1) is 6.92 Å². The predicted molar refractivity (Wildman–Crippen MR) is 83.8 cm³/mol. The lowest BCUT2D eigenvalue weighted by Gasteiger charge is -2.36. The van der Waals surface area contributed by atoms with E-state index in [1.54, 1.807) is 13.0 Å². The summed E-state index contributed by atoms with van der Waals surface area (Å²) in [7, 11) is -3.69. The van der Waals surface area contributed by atoms with Crippen molar-refractivity contribution in [3.05, 3.63) is 22.7 Å². The van der Waals surface area contributed by atoms with E-state index in [9.17, 15) is 8.42 Å². The van der Waals surface area contributed by atoms with Crippen LogP contribution in [0.1, 0.15) is 31.2 Å². The third kappa shape index (κ3) is 3.34. The number of aliphatic hydroxyl groups excluding tert-OH is 1. The maximum atomic E-state index is 12.9. The highest BCUT2D eigenvalue weighted by atomic mass is 35.5. The minimum Gasteiger partial charge on any atom is -0.398 e. The highest BCUT2D eigenvalue weighted by Gasteiger charge is 2.35. The summed E-state index contributed by atoms with van der Waals surface area (Å²) in [5.74, 6) is 0. The number of benzene rings is 1. The lowest BCUT2D eigenvalue weighted by molar-refractivity contribution is 0.198. The number of hydrogen-bond donors (Lipinski definition) is 2. The summed E-state index contributed by atoms with van der Waals surface area (Å²) in [6, 6.07) is 3.01. The molecule has 21 heavy (non-hydrogen) atoms. The van der Waals surface area contributed by atoms with E-state index < -0.39 is 10.0 Å². The van der Waals surface area contributed by atoms with Gasteiger partial charge in [-0.25, -0.2) is 8.42 Å². The third-order valence-corrected chi connectivity index (χ3v) is 6.34. The van der Waals surface area contributed by atoms with Crippen molar-refractivity contribution >= 4 is 27.3 Å². The van der Waals surface area contributed by atoms with Crippen molar-refractivity contribution in [2.24, 2.45) is 0 Å². The Bertz CT molecular complexity index is 615. The molecule has 118 valence electrons. The molecule has 0 amide bonds. The summed E-state index contributed by atoms with van der Waals surface area (Å²) in [6.45, 7) is 2.04. The number of sulfonamides is 1.